The molecule has 1 saturated heterocycles. The first kappa shape index (κ1) is 23.8. The van der Waals surface area contributed by atoms with Crippen LogP contribution in [0, 0.1) is 11.6 Å². The highest BCUT2D eigenvalue weighted by atomic mass is 19.1. The monoisotopic (exact) mass is 491 g/mol. The molecular weight excluding hydrogens is 464 g/mol. The second-order valence-corrected chi connectivity index (χ2v) is 9.18. The van der Waals surface area contributed by atoms with Crippen molar-refractivity contribution in [3.63, 3.8) is 0 Å². The zero-order valence-electron chi connectivity index (χ0n) is 19.8. The number of carbonyl (C=O) groups is 2. The number of hydrogen-bond acceptors (Lipinski definition) is 5. The number of amides is 2. The maximum atomic E-state index is 13.3. The van der Waals surface area contributed by atoms with E-state index in [0.29, 0.717) is 30.9 Å². The highest BCUT2D eigenvalue weighted by molar-refractivity contribution is 5.97. The first-order valence-corrected chi connectivity index (χ1v) is 12.2. The summed E-state index contributed by atoms with van der Waals surface area (Å²) >= 11 is 0. The van der Waals surface area contributed by atoms with Gasteiger partial charge in [-0.2, -0.15) is 0 Å². The van der Waals surface area contributed by atoms with Crippen LogP contribution < -0.4 is 4.90 Å². The molecule has 1 aliphatic carbocycles. The van der Waals surface area contributed by atoms with E-state index in [1.165, 1.54) is 36.4 Å². The number of carbonyl (C=O) groups excluding carboxylic acids is 2. The van der Waals surface area contributed by atoms with E-state index in [1.54, 1.807) is 21.9 Å². The van der Waals surface area contributed by atoms with Crippen LogP contribution in [0.25, 0.3) is 11.3 Å². The Morgan fingerprint density at radius 2 is 1.53 bits per heavy atom. The molecule has 2 aliphatic rings. The third kappa shape index (κ3) is 5.50. The summed E-state index contributed by atoms with van der Waals surface area (Å²) in [7, 11) is 0. The van der Waals surface area contributed by atoms with Gasteiger partial charge in [0.05, 0.1) is 5.69 Å². The molecule has 1 aromatic heterocycles. The maximum absolute atomic E-state index is 13.3. The van der Waals surface area contributed by atoms with E-state index >= 15 is 0 Å². The predicted molar refractivity (Wildman–Crippen MR) is 131 cm³/mol. The maximum Gasteiger partial charge on any atom is 0.254 e. The molecule has 5 rings (SSSR count). The van der Waals surface area contributed by atoms with E-state index < -0.39 is 5.82 Å². The third-order valence-corrected chi connectivity index (χ3v) is 6.61. The first-order valence-electron chi connectivity index (χ1n) is 12.2. The summed E-state index contributed by atoms with van der Waals surface area (Å²) in [5.74, 6) is -0.298. The number of halogens is 2. The molecule has 0 spiro atoms. The van der Waals surface area contributed by atoms with Crippen molar-refractivity contribution < 1.29 is 18.4 Å². The molecule has 0 N–H and O–H groups in total. The summed E-state index contributed by atoms with van der Waals surface area (Å²) in [6.07, 6.45) is 2.52. The summed E-state index contributed by atoms with van der Waals surface area (Å²) in [5, 5.41) is 8.65. The van der Waals surface area contributed by atoms with Crippen LogP contribution in [0.1, 0.15) is 29.6 Å². The van der Waals surface area contributed by atoms with Gasteiger partial charge in [-0.25, -0.2) is 8.78 Å². The van der Waals surface area contributed by atoms with Crippen LogP contribution >= 0.6 is 0 Å². The van der Waals surface area contributed by atoms with Crippen molar-refractivity contribution >= 4 is 17.6 Å². The molecule has 36 heavy (non-hydrogen) atoms. The highest BCUT2D eigenvalue weighted by Crippen LogP contribution is 2.28. The Kier molecular flexibility index (Phi) is 6.88. The van der Waals surface area contributed by atoms with Crippen LogP contribution in [-0.2, 0) is 4.79 Å². The summed E-state index contributed by atoms with van der Waals surface area (Å²) in [4.78, 5) is 31.7. The highest BCUT2D eigenvalue weighted by Gasteiger charge is 2.35. The van der Waals surface area contributed by atoms with Crippen LogP contribution in [0.2, 0.25) is 0 Å². The molecule has 3 aromatic rings. The average Bonchev–Trinajstić information content (AvgIpc) is 3.75. The van der Waals surface area contributed by atoms with Crippen molar-refractivity contribution in [1.82, 2.24) is 20.0 Å². The topological polar surface area (TPSA) is 69.6 Å². The quantitative estimate of drug-likeness (QED) is 0.525. The molecule has 2 fully saturated rings. The van der Waals surface area contributed by atoms with Crippen molar-refractivity contribution in [3.05, 3.63) is 77.9 Å². The molecule has 2 amide bonds. The fraction of sp³-hybridized carbons (Fsp3) is 0.333. The van der Waals surface area contributed by atoms with E-state index in [2.05, 4.69) is 15.1 Å². The molecule has 7 nitrogen and oxygen atoms in total. The minimum Gasteiger partial charge on any atom is -0.353 e. The van der Waals surface area contributed by atoms with Gasteiger partial charge in [-0.1, -0.05) is 0 Å². The van der Waals surface area contributed by atoms with Gasteiger partial charge in [-0.05, 0) is 79.9 Å². The van der Waals surface area contributed by atoms with Gasteiger partial charge in [0.15, 0.2) is 5.82 Å². The average molecular weight is 492 g/mol. The van der Waals surface area contributed by atoms with Crippen molar-refractivity contribution in [2.75, 3.05) is 37.6 Å². The van der Waals surface area contributed by atoms with Crippen LogP contribution in [0.15, 0.2) is 60.7 Å². The van der Waals surface area contributed by atoms with Crippen LogP contribution in [0.4, 0.5) is 14.6 Å². The Balaban J connectivity index is 1.20. The van der Waals surface area contributed by atoms with E-state index in [-0.39, 0.29) is 30.2 Å². The Morgan fingerprint density at radius 3 is 2.17 bits per heavy atom. The van der Waals surface area contributed by atoms with Crippen molar-refractivity contribution in [2.24, 2.45) is 0 Å². The van der Waals surface area contributed by atoms with E-state index in [0.717, 1.165) is 37.2 Å². The zero-order valence-corrected chi connectivity index (χ0v) is 19.8. The smallest absolute Gasteiger partial charge is 0.254 e. The number of rotatable bonds is 6. The van der Waals surface area contributed by atoms with Crippen LogP contribution in [0.3, 0.4) is 0 Å². The largest absolute Gasteiger partial charge is 0.353 e. The lowest BCUT2D eigenvalue weighted by molar-refractivity contribution is -0.131. The van der Waals surface area contributed by atoms with Gasteiger partial charge in [-0.15, -0.1) is 10.2 Å². The van der Waals surface area contributed by atoms with Gasteiger partial charge in [0.1, 0.15) is 18.2 Å². The predicted octanol–water partition coefficient (Wildman–Crippen LogP) is 3.77. The van der Waals surface area contributed by atoms with E-state index in [1.807, 2.05) is 12.1 Å². The molecule has 9 heteroatoms. The molecule has 0 unspecified atom stereocenters. The summed E-state index contributed by atoms with van der Waals surface area (Å²) in [6, 6.07) is 15.4. The van der Waals surface area contributed by atoms with Crippen LogP contribution in [-0.4, -0.2) is 70.6 Å². The minimum absolute atomic E-state index is 0.0209. The lowest BCUT2D eigenvalue weighted by atomic mass is 10.1. The number of nitrogens with zero attached hydrogens (tertiary/aromatic N) is 5. The fourth-order valence-electron chi connectivity index (χ4n) is 4.42. The number of hydrogen-bond donors (Lipinski definition) is 0. The second kappa shape index (κ2) is 10.4. The van der Waals surface area contributed by atoms with Crippen molar-refractivity contribution in [2.45, 2.75) is 25.3 Å². The molecule has 2 aromatic carbocycles. The van der Waals surface area contributed by atoms with Gasteiger partial charge in [0, 0.05) is 43.3 Å². The van der Waals surface area contributed by atoms with Gasteiger partial charge >= 0.3 is 0 Å². The Hall–Kier alpha value is -3.88. The number of anilines is 1. The number of benzene rings is 2. The minimum atomic E-state index is -0.399. The van der Waals surface area contributed by atoms with Crippen molar-refractivity contribution in [3.8, 4) is 11.3 Å². The van der Waals surface area contributed by atoms with Gasteiger partial charge in [-0.3, -0.25) is 9.59 Å². The zero-order chi connectivity index (χ0) is 25.1. The Bertz CT molecular complexity index is 1210. The Labute approximate surface area is 208 Å². The van der Waals surface area contributed by atoms with E-state index in [9.17, 15) is 18.4 Å². The van der Waals surface area contributed by atoms with E-state index in [4.69, 9.17) is 0 Å². The number of aromatic nitrogens is 2. The molecule has 0 atom stereocenters. The summed E-state index contributed by atoms with van der Waals surface area (Å²) < 4.78 is 26.4. The lowest BCUT2D eigenvalue weighted by Gasteiger charge is -2.27. The summed E-state index contributed by atoms with van der Waals surface area (Å²) in [6.45, 7) is 2.47. The first-order chi connectivity index (χ1) is 17.5. The third-order valence-electron chi connectivity index (χ3n) is 6.61. The van der Waals surface area contributed by atoms with Gasteiger partial charge < -0.3 is 14.7 Å². The van der Waals surface area contributed by atoms with Crippen LogP contribution in [0.5, 0.6) is 0 Å². The van der Waals surface area contributed by atoms with Gasteiger partial charge in [0.25, 0.3) is 5.91 Å². The Morgan fingerprint density at radius 1 is 0.833 bits per heavy atom. The SMILES string of the molecule is O=C(CN(C(=O)c1ccc(F)cc1)C1CC1)N1CCCN(c2ccc(-c3ccc(F)cc3)nn2)CC1. The molecular formula is C27H27F2N5O2. The lowest BCUT2D eigenvalue weighted by Crippen LogP contribution is -2.45. The molecule has 1 saturated carbocycles. The standard InChI is InChI=1S/C27H27F2N5O2/c28-21-6-2-19(3-7-21)24-12-13-25(31-30-24)32-14-1-15-33(17-16-32)26(35)18-34(23-10-11-23)27(36)20-4-8-22(29)9-5-20/h2-9,12-13,23H,1,10-11,14-18H2. The molecule has 2 heterocycles. The van der Waals surface area contributed by atoms with Gasteiger partial charge in [0.2, 0.25) is 5.91 Å². The second-order valence-electron chi connectivity index (χ2n) is 9.18. The summed E-state index contributed by atoms with van der Waals surface area (Å²) in [5.41, 5.74) is 1.84. The molecule has 0 radical (unpaired) electrons. The molecule has 1 aliphatic heterocycles. The molecule has 0 bridgehead atoms. The van der Waals surface area contributed by atoms with Crippen molar-refractivity contribution in [1.29, 1.82) is 0 Å². The normalized spacial score (nSPS) is 15.9. The molecule has 186 valence electrons. The fourth-order valence-corrected chi connectivity index (χ4v) is 4.42.